The van der Waals surface area contributed by atoms with Gasteiger partial charge in [0.05, 0.1) is 18.6 Å². The molecule has 25 heteroatoms. The van der Waals surface area contributed by atoms with Crippen molar-refractivity contribution in [3.8, 4) is 5.75 Å². The zero-order valence-corrected chi connectivity index (χ0v) is 49.9. The number of fused-ring (bicyclic) bond motifs is 6. The Morgan fingerprint density at radius 3 is 1.80 bits per heavy atom. The Hall–Kier alpha value is -8.00. The summed E-state index contributed by atoms with van der Waals surface area (Å²) in [5.74, 6) is -3.61. The molecule has 2 aromatic heterocycles. The zero-order valence-electron chi connectivity index (χ0n) is 48.3. The number of aliphatic hydroxyl groups is 1. The fraction of sp³-hybridized carbons (Fsp3) is 0.419. The Morgan fingerprint density at radius 1 is 0.586 bits per heavy atom. The molecule has 2 bridgehead atoms. The van der Waals surface area contributed by atoms with E-state index < -0.39 is 102 Å². The van der Waals surface area contributed by atoms with E-state index in [0.717, 1.165) is 11.1 Å². The maximum absolute atomic E-state index is 15.1. The number of phenolic OH excluding ortho intramolecular Hbond substituents is 1. The van der Waals surface area contributed by atoms with E-state index in [4.69, 9.17) is 0 Å². The molecule has 0 saturated carbocycles. The summed E-state index contributed by atoms with van der Waals surface area (Å²) in [5.41, 5.74) is 4.70. The van der Waals surface area contributed by atoms with E-state index in [1.165, 1.54) is 72.2 Å². The second-order valence-electron chi connectivity index (χ2n) is 22.3. The number of aliphatic hydroxyl groups excluding tert-OH is 1. The third-order valence-corrected chi connectivity index (χ3v) is 17.9. The number of thioether (sulfide) groups is 2. The number of hydrogen-bond acceptors (Lipinski definition) is 13. The van der Waals surface area contributed by atoms with E-state index in [0.29, 0.717) is 87.3 Å². The molecule has 9 rings (SSSR count). The first kappa shape index (κ1) is 63.5. The molecule has 462 valence electrons. The first-order valence-corrected chi connectivity index (χ1v) is 31.5. The van der Waals surface area contributed by atoms with Gasteiger partial charge in [0, 0.05) is 96.1 Å². The van der Waals surface area contributed by atoms with Crippen LogP contribution < -0.4 is 37.2 Å². The van der Waals surface area contributed by atoms with Crippen LogP contribution in [0.25, 0.3) is 21.8 Å². The van der Waals surface area contributed by atoms with E-state index in [1.54, 1.807) is 48.1 Å². The molecule has 8 atom stereocenters. The Kier molecular flexibility index (Phi) is 21.6. The van der Waals surface area contributed by atoms with Crippen molar-refractivity contribution in [2.45, 2.75) is 125 Å². The van der Waals surface area contributed by atoms with E-state index in [9.17, 15) is 52.6 Å². The van der Waals surface area contributed by atoms with Crippen LogP contribution in [-0.4, -0.2) is 163 Å². The highest BCUT2D eigenvalue weighted by Crippen LogP contribution is 2.27. The molecule has 2 saturated heterocycles. The van der Waals surface area contributed by atoms with E-state index in [1.807, 2.05) is 18.2 Å². The predicted molar refractivity (Wildman–Crippen MR) is 327 cm³/mol. The summed E-state index contributed by atoms with van der Waals surface area (Å²) >= 11 is 3.18. The third-order valence-electron chi connectivity index (χ3n) is 15.9. The fourth-order valence-electron chi connectivity index (χ4n) is 11.3. The molecule has 21 nitrogen and oxygen atoms in total. The summed E-state index contributed by atoms with van der Waals surface area (Å²) in [4.78, 5) is 122. The third kappa shape index (κ3) is 16.8. The molecule has 3 aliphatic heterocycles. The van der Waals surface area contributed by atoms with Crippen LogP contribution in [0, 0.1) is 11.6 Å². The minimum absolute atomic E-state index is 0.00916. The summed E-state index contributed by atoms with van der Waals surface area (Å²) in [5, 5.41) is 42.2. The summed E-state index contributed by atoms with van der Waals surface area (Å²) in [6, 6.07) is 14.4. The highest BCUT2D eigenvalue weighted by Gasteiger charge is 2.41. The maximum atomic E-state index is 15.1. The molecule has 6 aromatic rings. The molecule has 5 heterocycles. The molecule has 1 unspecified atom stereocenters. The van der Waals surface area contributed by atoms with Gasteiger partial charge in [-0.2, -0.15) is 23.5 Å². The minimum atomic E-state index is -1.55. The lowest BCUT2D eigenvalue weighted by atomic mass is 10.0. The largest absolute Gasteiger partial charge is 0.508 e. The molecule has 2 fully saturated rings. The Morgan fingerprint density at radius 2 is 1.17 bits per heavy atom. The summed E-state index contributed by atoms with van der Waals surface area (Å²) in [6.07, 6.45) is 2.80. The van der Waals surface area contributed by atoms with Crippen LogP contribution in [0.2, 0.25) is 0 Å². The number of carbonyl (C=O) groups excluding carboxylic acids is 8. The van der Waals surface area contributed by atoms with Crippen LogP contribution in [0.1, 0.15) is 73.8 Å². The lowest BCUT2D eigenvalue weighted by molar-refractivity contribution is -0.142. The molecule has 4 aromatic carbocycles. The van der Waals surface area contributed by atoms with Crippen LogP contribution in [0.15, 0.2) is 97.3 Å². The Bertz CT molecular complexity index is 3480. The lowest BCUT2D eigenvalue weighted by Crippen LogP contribution is -2.60. The van der Waals surface area contributed by atoms with Crippen molar-refractivity contribution in [3.05, 3.63) is 137 Å². The first-order valence-electron chi connectivity index (χ1n) is 29.2. The molecule has 87 heavy (non-hydrogen) atoms. The predicted octanol–water partition coefficient (Wildman–Crippen LogP) is 3.70. The van der Waals surface area contributed by atoms with Crippen molar-refractivity contribution < 1.29 is 57.4 Å². The first-order chi connectivity index (χ1) is 41.9. The zero-order chi connectivity index (χ0) is 61.7. The number of carbonyl (C=O) groups is 8. The fourth-order valence-corrected chi connectivity index (χ4v) is 13.0. The van der Waals surface area contributed by atoms with Crippen molar-refractivity contribution in [2.24, 2.45) is 0 Å². The van der Waals surface area contributed by atoms with Crippen molar-refractivity contribution in [2.75, 3.05) is 37.7 Å². The number of hydrogen-bond donors (Lipinski definition) is 11. The number of H-pyrrole nitrogens is 2. The van der Waals surface area contributed by atoms with Crippen molar-refractivity contribution in [1.82, 2.24) is 57.0 Å². The summed E-state index contributed by atoms with van der Waals surface area (Å²) < 4.78 is 29.5. The topological polar surface area (TPSA) is 299 Å². The number of aromatic hydroxyl groups is 1. The number of amides is 8. The Balaban J connectivity index is 0.978. The van der Waals surface area contributed by atoms with Gasteiger partial charge in [-0.1, -0.05) is 36.4 Å². The van der Waals surface area contributed by atoms with E-state index in [2.05, 4.69) is 53.3 Å². The second-order valence-corrected chi connectivity index (χ2v) is 24.5. The average molecular weight is 1230 g/mol. The molecule has 11 N–H and O–H groups in total. The number of phenols is 1. The normalized spacial score (nSPS) is 24.5. The molecular weight excluding hydrogens is 1160 g/mol. The van der Waals surface area contributed by atoms with Gasteiger partial charge in [-0.05, 0) is 122 Å². The minimum Gasteiger partial charge on any atom is -0.508 e. The number of aromatic nitrogens is 2. The van der Waals surface area contributed by atoms with Gasteiger partial charge in [0.15, 0.2) is 0 Å². The number of rotatable bonds is 6. The van der Waals surface area contributed by atoms with Gasteiger partial charge in [-0.3, -0.25) is 43.7 Å². The lowest BCUT2D eigenvalue weighted by Gasteiger charge is -2.33. The highest BCUT2D eigenvalue weighted by molar-refractivity contribution is 7.98. The highest BCUT2D eigenvalue weighted by atomic mass is 32.2. The summed E-state index contributed by atoms with van der Waals surface area (Å²) in [7, 11) is 0. The number of benzene rings is 4. The van der Waals surface area contributed by atoms with Crippen molar-refractivity contribution in [1.29, 1.82) is 0 Å². The van der Waals surface area contributed by atoms with Gasteiger partial charge in [-0.15, -0.1) is 0 Å². The maximum Gasteiger partial charge on any atom is 0.246 e. The molecule has 0 aliphatic carbocycles. The smallest absolute Gasteiger partial charge is 0.246 e. The van der Waals surface area contributed by atoms with E-state index in [-0.39, 0.29) is 62.8 Å². The SMILES string of the molecule is C[C@@H]1NC(=O)[C@@H]2CCCN2C(=O)[C@H](Cc2c[nH]c3ccc(F)cc23)NC(=O)[C@H](Cc2c[nH]c3ccc(F)cc23)NC(=O)CNC(=O)[C@@H](C)NC(=O)CCSCc2cccc(c2)CSCCNC(=O)[C@@H]2CCCN2C(=O)[C@H](Cc2ccc(O)cc2)NC1O. The number of halogens is 2. The monoisotopic (exact) mass is 1230 g/mol. The van der Waals surface area contributed by atoms with E-state index >= 15 is 4.79 Å². The summed E-state index contributed by atoms with van der Waals surface area (Å²) in [6.45, 7) is 3.07. The number of nitrogens with zero attached hydrogens (tertiary/aromatic N) is 2. The van der Waals surface area contributed by atoms with Gasteiger partial charge in [0.25, 0.3) is 0 Å². The van der Waals surface area contributed by atoms with Crippen LogP contribution in [0.5, 0.6) is 5.75 Å². The van der Waals surface area contributed by atoms with Crippen LogP contribution in [-0.2, 0) is 69.1 Å². The molecule has 8 amide bonds. The van der Waals surface area contributed by atoms with Crippen LogP contribution in [0.4, 0.5) is 8.78 Å². The van der Waals surface area contributed by atoms with Crippen molar-refractivity contribution >= 4 is 92.6 Å². The van der Waals surface area contributed by atoms with Gasteiger partial charge >= 0.3 is 0 Å². The second kappa shape index (κ2) is 29.6. The standard InChI is InChI=1S/C62H73F2N11O10S2/c1-35-56(79)68-32-55(78)71-49(26-40-30-66-47-16-12-42(63)28-45(40)47)58(81)73-51(27-41-31-67-48-17-13-43(64)29-46(41)48)62(85)75-21-5-9-53(75)60(83)70-36(2)57(80)72-50(25-37-10-14-44(76)15-11-37)61(84)74-20-4-8-52(74)59(82)65-19-23-87-34-39-7-3-6-38(24-39)33-86-22-18-54(77)69-35/h3,6-7,10-17,24,28-31,35-36,49-53,57,66-67,72,76,80H,4-5,8-9,18-23,25-27,32-34H2,1-2H3,(H,65,82)(H,68,79)(H,69,77)(H,70,83)(H,71,78)(H,73,81)/t35-,36+,49+,50+,51+,52+,53+,57?/m1/s1. The quantitative estimate of drug-likeness (QED) is 0.114. The van der Waals surface area contributed by atoms with Gasteiger partial charge in [-0.25, -0.2) is 8.78 Å². The molecular formula is C62H73F2N11O10S2. The van der Waals surface area contributed by atoms with Gasteiger partial charge in [0.1, 0.15) is 53.8 Å². The molecule has 0 radical (unpaired) electrons. The van der Waals surface area contributed by atoms with Crippen molar-refractivity contribution in [3.63, 3.8) is 0 Å². The number of nitrogens with one attached hydrogen (secondary N) is 9. The Labute approximate surface area is 510 Å². The van der Waals surface area contributed by atoms with Gasteiger partial charge < -0.3 is 61.9 Å². The van der Waals surface area contributed by atoms with Crippen LogP contribution in [0.3, 0.4) is 0 Å². The average Bonchev–Trinajstić information content (AvgIpc) is 2.79. The molecule has 0 spiro atoms. The van der Waals surface area contributed by atoms with Gasteiger partial charge in [0.2, 0.25) is 47.3 Å². The number of aromatic amines is 2. The van der Waals surface area contributed by atoms with Crippen LogP contribution >= 0.6 is 23.5 Å². The molecule has 3 aliphatic rings.